The highest BCUT2D eigenvalue weighted by Gasteiger charge is 2.26. The Morgan fingerprint density at radius 3 is 2.47 bits per heavy atom. The van der Waals surface area contributed by atoms with Crippen LogP contribution in [0.1, 0.15) is 10.4 Å². The number of carbonyl (C=O) groups excluding carboxylic acids is 1. The van der Waals surface area contributed by atoms with E-state index in [0.29, 0.717) is 44.2 Å². The van der Waals surface area contributed by atoms with E-state index < -0.39 is 21.7 Å². The number of nitrogens with one attached hydrogen (secondary N) is 1. The van der Waals surface area contributed by atoms with E-state index in [2.05, 4.69) is 15.3 Å². The largest absolute Gasteiger partial charge is 0.497 e. The molecule has 3 aromatic heterocycles. The van der Waals surface area contributed by atoms with Crippen LogP contribution in [0.5, 0.6) is 5.75 Å². The summed E-state index contributed by atoms with van der Waals surface area (Å²) in [7, 11) is 0.787. The van der Waals surface area contributed by atoms with Crippen molar-refractivity contribution in [2.45, 2.75) is 0 Å². The van der Waals surface area contributed by atoms with E-state index in [1.165, 1.54) is 49.7 Å². The van der Waals surface area contributed by atoms with Gasteiger partial charge in [-0.05, 0) is 66.2 Å². The number of fused-ring (bicyclic) bond motifs is 2. The van der Waals surface area contributed by atoms with E-state index in [0.717, 1.165) is 20.8 Å². The quantitative estimate of drug-likeness (QED) is 0.223. The zero-order valence-electron chi connectivity index (χ0n) is 23.5. The number of sulfonamides is 1. The highest BCUT2D eigenvalue weighted by atomic mass is 32.2. The van der Waals surface area contributed by atoms with Crippen LogP contribution in [0.4, 0.5) is 10.1 Å². The van der Waals surface area contributed by atoms with E-state index in [1.807, 2.05) is 24.3 Å². The Bertz CT molecular complexity index is 2110. The summed E-state index contributed by atoms with van der Waals surface area (Å²) in [5, 5.41) is 3.81. The van der Waals surface area contributed by atoms with Gasteiger partial charge in [-0.1, -0.05) is 0 Å². The zero-order valence-corrected chi connectivity index (χ0v) is 25.1. The Hall–Kier alpha value is -4.81. The molecule has 0 aliphatic carbocycles. The van der Waals surface area contributed by atoms with Gasteiger partial charge < -0.3 is 14.5 Å². The SMILES string of the molecule is CNC(=O)c1c(-c2ccc(F)cc2)oc2cc(N(C)S(C)(=O)=O)c(-c3cc(OC)cc(-c4nc5ncccc5s4)c3)cc12. The van der Waals surface area contributed by atoms with Gasteiger partial charge in [0, 0.05) is 48.4 Å². The maximum absolute atomic E-state index is 13.7. The summed E-state index contributed by atoms with van der Waals surface area (Å²) in [6.07, 6.45) is 2.79. The highest BCUT2D eigenvalue weighted by Crippen LogP contribution is 2.43. The molecule has 0 aliphatic rings. The standard InChI is InChI=1S/C31H25FN4O5S2/c1-33-30(37)27-23-15-22(18-12-19(14-21(13-18)40-3)31-35-29-26(42-31)6-5-11-34-29)24(36(2)43(4,38)39)16-25(23)41-28(27)17-7-9-20(32)10-8-17/h5-16H,1-4H3,(H,33,37). The molecule has 0 saturated heterocycles. The van der Waals surface area contributed by atoms with Gasteiger partial charge in [-0.2, -0.15) is 0 Å². The number of amides is 1. The number of halogens is 1. The molecule has 218 valence electrons. The van der Waals surface area contributed by atoms with Gasteiger partial charge >= 0.3 is 0 Å². The van der Waals surface area contributed by atoms with Crippen molar-refractivity contribution in [3.63, 3.8) is 0 Å². The Balaban J connectivity index is 1.64. The molecule has 3 aromatic carbocycles. The van der Waals surface area contributed by atoms with Crippen molar-refractivity contribution in [1.82, 2.24) is 15.3 Å². The Morgan fingerprint density at radius 2 is 1.79 bits per heavy atom. The third kappa shape index (κ3) is 5.19. The third-order valence-electron chi connectivity index (χ3n) is 7.07. The van der Waals surface area contributed by atoms with Gasteiger partial charge in [-0.25, -0.2) is 22.8 Å². The predicted octanol–water partition coefficient (Wildman–Crippen LogP) is 6.34. The Morgan fingerprint density at radius 1 is 1.05 bits per heavy atom. The van der Waals surface area contributed by atoms with Crippen LogP contribution in [-0.4, -0.2) is 51.8 Å². The van der Waals surface area contributed by atoms with Crippen LogP contribution in [0.15, 0.2) is 77.3 Å². The van der Waals surface area contributed by atoms with Crippen molar-refractivity contribution in [3.8, 4) is 38.8 Å². The molecule has 1 N–H and O–H groups in total. The van der Waals surface area contributed by atoms with E-state index >= 15 is 0 Å². The van der Waals surface area contributed by atoms with Crippen molar-refractivity contribution < 1.29 is 26.8 Å². The van der Waals surface area contributed by atoms with Gasteiger partial charge in [0.2, 0.25) is 10.0 Å². The molecule has 9 nitrogen and oxygen atoms in total. The summed E-state index contributed by atoms with van der Waals surface area (Å²) >= 11 is 1.47. The molecule has 6 rings (SSSR count). The second-order valence-electron chi connectivity index (χ2n) is 9.78. The number of methoxy groups -OCH3 is 1. The number of anilines is 1. The van der Waals surface area contributed by atoms with Crippen LogP contribution in [0.25, 0.3) is 54.3 Å². The zero-order chi connectivity index (χ0) is 30.5. The number of hydrogen-bond donors (Lipinski definition) is 1. The summed E-state index contributed by atoms with van der Waals surface area (Å²) in [4.78, 5) is 22.2. The lowest BCUT2D eigenvalue weighted by atomic mass is 9.97. The maximum Gasteiger partial charge on any atom is 0.255 e. The Labute approximate surface area is 250 Å². The average Bonchev–Trinajstić information content (AvgIpc) is 3.61. The summed E-state index contributed by atoms with van der Waals surface area (Å²) in [6, 6.07) is 18.2. The first-order valence-corrected chi connectivity index (χ1v) is 15.7. The number of pyridine rings is 1. The summed E-state index contributed by atoms with van der Waals surface area (Å²) < 4.78 is 53.2. The highest BCUT2D eigenvalue weighted by molar-refractivity contribution is 7.92. The molecule has 12 heteroatoms. The maximum atomic E-state index is 13.7. The van der Waals surface area contributed by atoms with Crippen LogP contribution in [0.3, 0.4) is 0 Å². The number of nitrogens with zero attached hydrogens (tertiary/aromatic N) is 3. The van der Waals surface area contributed by atoms with Gasteiger partial charge in [0.1, 0.15) is 27.9 Å². The van der Waals surface area contributed by atoms with E-state index in [9.17, 15) is 17.6 Å². The topological polar surface area (TPSA) is 115 Å². The van der Waals surface area contributed by atoms with Gasteiger partial charge in [-0.15, -0.1) is 11.3 Å². The van der Waals surface area contributed by atoms with Crippen molar-refractivity contribution in [2.75, 3.05) is 31.8 Å². The normalized spacial score (nSPS) is 11.7. The number of thiazole rings is 1. The molecular formula is C31H25FN4O5S2. The fraction of sp³-hybridized carbons (Fsp3) is 0.129. The van der Waals surface area contributed by atoms with Crippen molar-refractivity contribution in [1.29, 1.82) is 0 Å². The summed E-state index contributed by atoms with van der Waals surface area (Å²) in [5.41, 5.74) is 3.83. The van der Waals surface area contributed by atoms with Crippen molar-refractivity contribution in [3.05, 3.63) is 84.3 Å². The van der Waals surface area contributed by atoms with Crippen molar-refractivity contribution in [2.24, 2.45) is 0 Å². The summed E-state index contributed by atoms with van der Waals surface area (Å²) in [6.45, 7) is 0. The summed E-state index contributed by atoms with van der Waals surface area (Å²) in [5.74, 6) is -0.0914. The molecule has 0 spiro atoms. The lowest BCUT2D eigenvalue weighted by Gasteiger charge is -2.21. The van der Waals surface area contributed by atoms with Gasteiger partial charge in [0.15, 0.2) is 5.65 Å². The van der Waals surface area contributed by atoms with E-state index in [-0.39, 0.29) is 16.9 Å². The smallest absolute Gasteiger partial charge is 0.255 e. The van der Waals surface area contributed by atoms with Crippen LogP contribution in [0, 0.1) is 5.82 Å². The van der Waals surface area contributed by atoms with Gasteiger partial charge in [0.25, 0.3) is 5.91 Å². The molecule has 0 radical (unpaired) electrons. The van der Waals surface area contributed by atoms with Crippen LogP contribution in [0.2, 0.25) is 0 Å². The fourth-order valence-electron chi connectivity index (χ4n) is 4.85. The minimum Gasteiger partial charge on any atom is -0.497 e. The lowest BCUT2D eigenvalue weighted by molar-refractivity contribution is 0.0964. The number of furan rings is 1. The number of aromatic nitrogens is 2. The number of hydrogen-bond acceptors (Lipinski definition) is 8. The molecule has 0 fully saturated rings. The number of ether oxygens (including phenoxy) is 1. The first-order valence-electron chi connectivity index (χ1n) is 13.0. The number of carbonyl (C=O) groups is 1. The molecule has 0 unspecified atom stereocenters. The van der Waals surface area contributed by atoms with E-state index in [4.69, 9.17) is 9.15 Å². The molecule has 0 saturated carbocycles. The molecule has 3 heterocycles. The van der Waals surface area contributed by atoms with Crippen LogP contribution >= 0.6 is 11.3 Å². The first-order chi connectivity index (χ1) is 20.6. The van der Waals surface area contributed by atoms with E-state index in [1.54, 1.807) is 31.5 Å². The molecule has 1 amide bonds. The van der Waals surface area contributed by atoms with Gasteiger partial charge in [0.05, 0.1) is 29.3 Å². The molecule has 0 bridgehead atoms. The molecule has 43 heavy (non-hydrogen) atoms. The van der Waals surface area contributed by atoms with Crippen LogP contribution < -0.4 is 14.4 Å². The lowest BCUT2D eigenvalue weighted by Crippen LogP contribution is -2.25. The number of benzene rings is 3. The molecule has 0 aliphatic heterocycles. The van der Waals surface area contributed by atoms with Crippen molar-refractivity contribution >= 4 is 54.3 Å². The fourth-order valence-corrected chi connectivity index (χ4v) is 6.27. The molecule has 6 aromatic rings. The second kappa shape index (κ2) is 10.8. The van der Waals surface area contributed by atoms with Gasteiger partial charge in [-0.3, -0.25) is 9.10 Å². The monoisotopic (exact) mass is 616 g/mol. The second-order valence-corrected chi connectivity index (χ2v) is 12.8. The van der Waals surface area contributed by atoms with Crippen LogP contribution in [-0.2, 0) is 10.0 Å². The minimum absolute atomic E-state index is 0.229. The minimum atomic E-state index is -3.71. The Kier molecular flexibility index (Phi) is 7.10. The molecule has 0 atom stereocenters. The number of rotatable bonds is 7. The molecular weight excluding hydrogens is 591 g/mol. The third-order valence-corrected chi connectivity index (χ3v) is 9.32. The predicted molar refractivity (Wildman–Crippen MR) is 167 cm³/mol. The first kappa shape index (κ1) is 28.3. The average molecular weight is 617 g/mol.